The summed E-state index contributed by atoms with van der Waals surface area (Å²) >= 11 is 5.10. The number of quaternary nitrogens is 1. The van der Waals surface area contributed by atoms with E-state index in [0.29, 0.717) is 44.2 Å². The number of fused-ring (bicyclic) bond motifs is 1. The Bertz CT molecular complexity index is 1060. The van der Waals surface area contributed by atoms with Gasteiger partial charge in [-0.15, -0.1) is 0 Å². The second-order valence-electron chi connectivity index (χ2n) is 7.31. The highest BCUT2D eigenvalue weighted by molar-refractivity contribution is 7.80. The molecule has 2 aromatic rings. The molecule has 6 nitrogen and oxygen atoms in total. The minimum Gasteiger partial charge on any atom is -0.454 e. The van der Waals surface area contributed by atoms with Gasteiger partial charge in [0.05, 0.1) is 26.2 Å². The quantitative estimate of drug-likeness (QED) is 0.306. The maximum Gasteiger partial charge on any atom is 0.263 e. The van der Waals surface area contributed by atoms with E-state index >= 15 is 0 Å². The molecule has 12 heteroatoms. The zero-order valence-corrected chi connectivity index (χ0v) is 17.3. The molecule has 2 N–H and O–H groups in total. The number of benzene rings is 2. The fourth-order valence-corrected chi connectivity index (χ4v) is 3.86. The molecule has 0 aromatic heterocycles. The van der Waals surface area contributed by atoms with Crippen LogP contribution >= 0.6 is 12.2 Å². The molecular weight excluding hydrogens is 457 g/mol. The van der Waals surface area contributed by atoms with Gasteiger partial charge in [0.2, 0.25) is 12.6 Å². The highest BCUT2D eigenvalue weighted by Crippen LogP contribution is 2.32. The van der Waals surface area contributed by atoms with Crippen molar-refractivity contribution in [2.45, 2.75) is 6.54 Å². The maximum atomic E-state index is 13.8. The average molecular weight is 474 g/mol. The molecule has 0 aliphatic carbocycles. The van der Waals surface area contributed by atoms with Crippen molar-refractivity contribution in [2.75, 3.05) is 33.0 Å². The van der Waals surface area contributed by atoms with Crippen LogP contribution < -0.4 is 19.7 Å². The molecule has 1 saturated heterocycles. The smallest absolute Gasteiger partial charge is 0.263 e. The van der Waals surface area contributed by atoms with Crippen LogP contribution in [0, 0.1) is 29.1 Å². The van der Waals surface area contributed by atoms with E-state index in [-0.39, 0.29) is 11.9 Å². The summed E-state index contributed by atoms with van der Waals surface area (Å²) in [5.74, 6) is -11.2. The van der Waals surface area contributed by atoms with Crippen LogP contribution in [0.3, 0.4) is 0 Å². The first kappa shape index (κ1) is 22.2. The van der Waals surface area contributed by atoms with Gasteiger partial charge in [-0.2, -0.15) is 0 Å². The van der Waals surface area contributed by atoms with Crippen molar-refractivity contribution in [3.63, 3.8) is 0 Å². The van der Waals surface area contributed by atoms with Gasteiger partial charge in [-0.05, 0) is 30.4 Å². The van der Waals surface area contributed by atoms with E-state index < -0.39 is 40.6 Å². The number of carbonyl (C=O) groups is 1. The van der Waals surface area contributed by atoms with Crippen molar-refractivity contribution in [3.8, 4) is 11.5 Å². The largest absolute Gasteiger partial charge is 0.454 e. The van der Waals surface area contributed by atoms with Gasteiger partial charge < -0.3 is 19.3 Å². The van der Waals surface area contributed by atoms with E-state index in [2.05, 4.69) is 5.32 Å². The summed E-state index contributed by atoms with van der Waals surface area (Å²) in [6, 6.07) is 5.70. The first-order valence-electron chi connectivity index (χ1n) is 9.60. The lowest BCUT2D eigenvalue weighted by Gasteiger charge is -2.33. The summed E-state index contributed by atoms with van der Waals surface area (Å²) < 4.78 is 78.2. The van der Waals surface area contributed by atoms with Crippen LogP contribution in [0.2, 0.25) is 0 Å². The van der Waals surface area contributed by atoms with E-state index in [1.807, 2.05) is 18.2 Å². The number of hydrogen-bond acceptors (Lipinski definition) is 4. The van der Waals surface area contributed by atoms with Gasteiger partial charge in [0.1, 0.15) is 12.1 Å². The van der Waals surface area contributed by atoms with Crippen molar-refractivity contribution in [3.05, 3.63) is 58.4 Å². The molecule has 0 saturated carbocycles. The zero-order chi connectivity index (χ0) is 23.0. The first-order valence-corrected chi connectivity index (χ1v) is 10.0. The van der Waals surface area contributed by atoms with Crippen molar-refractivity contribution >= 4 is 23.2 Å². The van der Waals surface area contributed by atoms with Crippen molar-refractivity contribution in [1.82, 2.24) is 10.2 Å². The number of nitrogens with zero attached hydrogens (tertiary/aromatic N) is 1. The monoisotopic (exact) mass is 474 g/mol. The van der Waals surface area contributed by atoms with Crippen LogP contribution in [0.4, 0.5) is 22.0 Å². The third kappa shape index (κ3) is 4.19. The first-order chi connectivity index (χ1) is 15.3. The molecule has 1 fully saturated rings. The topological polar surface area (TPSA) is 55.2 Å². The van der Waals surface area contributed by atoms with E-state index in [1.165, 1.54) is 4.90 Å². The number of rotatable bonds is 3. The molecule has 32 heavy (non-hydrogen) atoms. The molecule has 4 rings (SSSR count). The Morgan fingerprint density at radius 1 is 0.969 bits per heavy atom. The van der Waals surface area contributed by atoms with E-state index in [9.17, 15) is 26.7 Å². The summed E-state index contributed by atoms with van der Waals surface area (Å²) in [4.78, 5) is 15.0. The van der Waals surface area contributed by atoms with E-state index in [0.717, 1.165) is 5.56 Å². The SMILES string of the molecule is O=C(NC(=S)N1CC[NH+](Cc2ccc3c(c2)OCO3)CC1)c1c(F)c(F)c(F)c(F)c1F. The molecule has 0 spiro atoms. The predicted molar refractivity (Wildman–Crippen MR) is 105 cm³/mol. The number of amides is 1. The third-order valence-electron chi connectivity index (χ3n) is 5.31. The zero-order valence-electron chi connectivity index (χ0n) is 16.4. The van der Waals surface area contributed by atoms with Gasteiger partial charge in [-0.25, -0.2) is 22.0 Å². The summed E-state index contributed by atoms with van der Waals surface area (Å²) in [6.07, 6.45) is 0. The normalized spacial score (nSPS) is 15.7. The van der Waals surface area contributed by atoms with Crippen molar-refractivity contribution in [2.24, 2.45) is 0 Å². The second-order valence-corrected chi connectivity index (χ2v) is 7.69. The second kappa shape index (κ2) is 8.87. The highest BCUT2D eigenvalue weighted by Gasteiger charge is 2.31. The number of nitrogens with one attached hydrogen (secondary N) is 2. The lowest BCUT2D eigenvalue weighted by Crippen LogP contribution is -3.13. The molecular formula is C20H17F5N3O3S+. The number of piperazine rings is 1. The Labute approximate surface area is 184 Å². The van der Waals surface area contributed by atoms with Crippen molar-refractivity contribution < 1.29 is 41.1 Å². The van der Waals surface area contributed by atoms with Gasteiger partial charge in [0, 0.05) is 5.56 Å². The molecule has 0 radical (unpaired) electrons. The van der Waals surface area contributed by atoms with Crippen LogP contribution in [-0.4, -0.2) is 48.9 Å². The molecule has 2 heterocycles. The maximum absolute atomic E-state index is 13.8. The Kier molecular flexibility index (Phi) is 6.15. The average Bonchev–Trinajstić information content (AvgIpc) is 3.25. The molecule has 0 unspecified atom stereocenters. The number of halogens is 5. The van der Waals surface area contributed by atoms with Crippen molar-refractivity contribution in [1.29, 1.82) is 0 Å². The van der Waals surface area contributed by atoms with Gasteiger partial charge in [-0.3, -0.25) is 10.1 Å². The molecule has 2 aliphatic heterocycles. The minimum absolute atomic E-state index is 0.152. The molecule has 170 valence electrons. The van der Waals surface area contributed by atoms with Crippen LogP contribution in [0.15, 0.2) is 18.2 Å². The minimum atomic E-state index is -2.33. The standard InChI is InChI=1S/C20H16F5N3O3S/c21-14-13(15(22)17(24)18(25)16(14)23)19(29)26-20(32)28-5-3-27(4-6-28)8-10-1-2-11-12(7-10)31-9-30-11/h1-2,7H,3-6,8-9H2,(H,26,29,32)/p+1. The lowest BCUT2D eigenvalue weighted by molar-refractivity contribution is -0.917. The van der Waals surface area contributed by atoms with Crippen LogP contribution in [-0.2, 0) is 6.54 Å². The van der Waals surface area contributed by atoms with E-state index in [1.54, 1.807) is 4.90 Å². The van der Waals surface area contributed by atoms with Gasteiger partial charge in [0.25, 0.3) is 5.91 Å². The molecule has 0 bridgehead atoms. The molecule has 1 amide bonds. The van der Waals surface area contributed by atoms with E-state index in [4.69, 9.17) is 21.7 Å². The molecule has 2 aliphatic rings. The fraction of sp³-hybridized carbons (Fsp3) is 0.300. The predicted octanol–water partition coefficient (Wildman–Crippen LogP) is 1.53. The Morgan fingerprint density at radius 2 is 1.56 bits per heavy atom. The molecule has 0 atom stereocenters. The van der Waals surface area contributed by atoms with Crippen LogP contribution in [0.25, 0.3) is 0 Å². The number of hydrogen-bond donors (Lipinski definition) is 2. The van der Waals surface area contributed by atoms with Crippen LogP contribution in [0.5, 0.6) is 11.5 Å². The Morgan fingerprint density at radius 3 is 2.22 bits per heavy atom. The third-order valence-corrected chi connectivity index (χ3v) is 5.67. The Balaban J connectivity index is 1.34. The molecule has 2 aromatic carbocycles. The summed E-state index contributed by atoms with van der Waals surface area (Å²) in [6.45, 7) is 3.05. The summed E-state index contributed by atoms with van der Waals surface area (Å²) in [5, 5.41) is 1.91. The summed E-state index contributed by atoms with van der Waals surface area (Å²) in [7, 11) is 0. The number of carbonyl (C=O) groups excluding carboxylic acids is 1. The lowest BCUT2D eigenvalue weighted by atomic mass is 10.1. The van der Waals surface area contributed by atoms with Gasteiger partial charge in [-0.1, -0.05) is 0 Å². The highest BCUT2D eigenvalue weighted by atomic mass is 32.1. The van der Waals surface area contributed by atoms with Gasteiger partial charge in [0.15, 0.2) is 39.9 Å². The van der Waals surface area contributed by atoms with Gasteiger partial charge >= 0.3 is 0 Å². The van der Waals surface area contributed by atoms with Crippen LogP contribution in [0.1, 0.15) is 15.9 Å². The summed E-state index contributed by atoms with van der Waals surface area (Å²) in [5.41, 5.74) is -0.518. The number of thiocarbonyl (C=S) groups is 1. The number of ether oxygens (including phenoxy) is 2. The fourth-order valence-electron chi connectivity index (χ4n) is 3.59. The Hall–Kier alpha value is -2.99.